The van der Waals surface area contributed by atoms with Gasteiger partial charge in [0.15, 0.2) is 0 Å². The van der Waals surface area contributed by atoms with Crippen molar-refractivity contribution < 1.29 is 0 Å². The Kier molecular flexibility index (Phi) is 4.32. The van der Waals surface area contributed by atoms with Crippen LogP contribution in [0.2, 0.25) is 0 Å². The predicted octanol–water partition coefficient (Wildman–Crippen LogP) is 3.79. The van der Waals surface area contributed by atoms with Gasteiger partial charge in [0, 0.05) is 11.4 Å². The Bertz CT molecular complexity index is 564. The summed E-state index contributed by atoms with van der Waals surface area (Å²) in [6.07, 6.45) is 4.21. The lowest BCUT2D eigenvalue weighted by Gasteiger charge is -2.22. The number of rotatable bonds is 3. The molecule has 0 aliphatic heterocycles. The number of nitrogens with zero attached hydrogens (tertiary/aromatic N) is 3. The first-order chi connectivity index (χ1) is 9.45. The van der Waals surface area contributed by atoms with Gasteiger partial charge in [-0.2, -0.15) is 5.10 Å². The molecule has 1 aromatic heterocycles. The molecule has 1 aliphatic carbocycles. The fourth-order valence-electron chi connectivity index (χ4n) is 2.32. The lowest BCUT2D eigenvalue weighted by molar-refractivity contribution is 0.639. The minimum atomic E-state index is 0.486. The molecule has 0 radical (unpaired) electrons. The Morgan fingerprint density at radius 1 is 1.30 bits per heavy atom. The molecule has 0 aromatic carbocycles. The van der Waals surface area contributed by atoms with E-state index in [2.05, 4.69) is 47.0 Å². The normalized spacial score (nSPS) is 20.7. The zero-order chi connectivity index (χ0) is 14.7. The molecule has 2 rings (SSSR count). The van der Waals surface area contributed by atoms with Crippen LogP contribution in [0.4, 0.5) is 5.95 Å². The summed E-state index contributed by atoms with van der Waals surface area (Å²) in [5.74, 6) is 1.04. The van der Waals surface area contributed by atoms with Crippen LogP contribution in [0.15, 0.2) is 35.0 Å². The fourth-order valence-corrected chi connectivity index (χ4v) is 2.32. The second-order valence-corrected chi connectivity index (χ2v) is 5.51. The van der Waals surface area contributed by atoms with E-state index in [1.807, 2.05) is 19.9 Å². The lowest BCUT2D eigenvalue weighted by Crippen LogP contribution is -2.17. The molecule has 0 saturated carbocycles. The summed E-state index contributed by atoms with van der Waals surface area (Å²) in [4.78, 5) is 8.66. The number of nitrogens with one attached hydrogen (secondary N) is 1. The van der Waals surface area contributed by atoms with Crippen LogP contribution >= 0.6 is 0 Å². The average Bonchev–Trinajstić information content (AvgIpc) is 2.36. The first-order valence-corrected chi connectivity index (χ1v) is 6.93. The van der Waals surface area contributed by atoms with Crippen LogP contribution in [-0.4, -0.2) is 15.7 Å². The van der Waals surface area contributed by atoms with Crippen molar-refractivity contribution >= 4 is 11.7 Å². The van der Waals surface area contributed by atoms with Crippen molar-refractivity contribution in [2.45, 2.75) is 40.5 Å². The number of anilines is 1. The highest BCUT2D eigenvalue weighted by Crippen LogP contribution is 2.26. The Morgan fingerprint density at radius 3 is 2.55 bits per heavy atom. The molecule has 4 nitrogen and oxygen atoms in total. The molecule has 1 heterocycles. The number of aromatic nitrogens is 2. The van der Waals surface area contributed by atoms with Gasteiger partial charge in [-0.1, -0.05) is 18.2 Å². The largest absolute Gasteiger partial charge is 0.245 e. The van der Waals surface area contributed by atoms with Crippen LogP contribution in [0, 0.1) is 19.8 Å². The minimum Gasteiger partial charge on any atom is -0.245 e. The third-order valence-corrected chi connectivity index (χ3v) is 3.57. The number of hydrogen-bond acceptors (Lipinski definition) is 4. The zero-order valence-electron chi connectivity index (χ0n) is 12.7. The maximum atomic E-state index is 4.48. The summed E-state index contributed by atoms with van der Waals surface area (Å²) in [5, 5.41) is 4.48. The first-order valence-electron chi connectivity index (χ1n) is 6.93. The maximum absolute atomic E-state index is 4.48. The minimum absolute atomic E-state index is 0.486. The van der Waals surface area contributed by atoms with Crippen LogP contribution in [-0.2, 0) is 0 Å². The van der Waals surface area contributed by atoms with Gasteiger partial charge in [-0.25, -0.2) is 15.4 Å². The summed E-state index contributed by atoms with van der Waals surface area (Å²) < 4.78 is 0. The monoisotopic (exact) mass is 270 g/mol. The number of allylic oxidation sites excluding steroid dienone is 3. The van der Waals surface area contributed by atoms with Crippen molar-refractivity contribution in [1.82, 2.24) is 9.97 Å². The van der Waals surface area contributed by atoms with Gasteiger partial charge in [-0.3, -0.25) is 0 Å². The van der Waals surface area contributed by atoms with E-state index in [1.54, 1.807) is 0 Å². The van der Waals surface area contributed by atoms with Crippen molar-refractivity contribution in [3.63, 3.8) is 0 Å². The summed E-state index contributed by atoms with van der Waals surface area (Å²) >= 11 is 0. The quantitative estimate of drug-likeness (QED) is 0.671. The lowest BCUT2D eigenvalue weighted by atomic mass is 9.85. The molecular weight excluding hydrogens is 248 g/mol. The second-order valence-electron chi connectivity index (χ2n) is 5.51. The van der Waals surface area contributed by atoms with Gasteiger partial charge in [0.1, 0.15) is 0 Å². The fraction of sp³-hybridized carbons (Fsp3) is 0.438. The molecule has 0 spiro atoms. The van der Waals surface area contributed by atoms with Gasteiger partial charge < -0.3 is 0 Å². The molecule has 1 atom stereocenters. The molecule has 0 saturated heterocycles. The number of hydrazone groups is 1. The number of hydrogen-bond donors (Lipinski definition) is 1. The van der Waals surface area contributed by atoms with Gasteiger partial charge in [0.05, 0.1) is 5.71 Å². The Labute approximate surface area is 120 Å². The topological polar surface area (TPSA) is 50.2 Å². The van der Waals surface area contributed by atoms with E-state index in [0.29, 0.717) is 11.9 Å². The van der Waals surface area contributed by atoms with Crippen molar-refractivity contribution in [2.24, 2.45) is 11.0 Å². The van der Waals surface area contributed by atoms with Crippen molar-refractivity contribution in [2.75, 3.05) is 5.43 Å². The van der Waals surface area contributed by atoms with Gasteiger partial charge in [0.2, 0.25) is 5.95 Å². The number of aryl methyl sites for hydroxylation is 2. The van der Waals surface area contributed by atoms with Crippen LogP contribution < -0.4 is 5.43 Å². The summed E-state index contributed by atoms with van der Waals surface area (Å²) in [7, 11) is 0. The van der Waals surface area contributed by atoms with E-state index in [-0.39, 0.29) is 0 Å². The van der Waals surface area contributed by atoms with E-state index >= 15 is 0 Å². The van der Waals surface area contributed by atoms with Crippen LogP contribution in [0.3, 0.4) is 0 Å². The highest BCUT2D eigenvalue weighted by atomic mass is 15.4. The smallest absolute Gasteiger partial charge is 0.243 e. The molecule has 0 bridgehead atoms. The van der Waals surface area contributed by atoms with Crippen LogP contribution in [0.1, 0.15) is 38.1 Å². The Balaban J connectivity index is 2.15. The van der Waals surface area contributed by atoms with E-state index in [9.17, 15) is 0 Å². The molecule has 0 fully saturated rings. The van der Waals surface area contributed by atoms with E-state index < -0.39 is 0 Å². The van der Waals surface area contributed by atoms with Gasteiger partial charge in [-0.05, 0) is 58.1 Å². The second kappa shape index (κ2) is 5.99. The first kappa shape index (κ1) is 14.4. The third kappa shape index (κ3) is 3.53. The Hall–Kier alpha value is -1.97. The third-order valence-electron chi connectivity index (χ3n) is 3.57. The van der Waals surface area contributed by atoms with E-state index in [1.165, 1.54) is 11.1 Å². The standard InChI is InChI=1S/C16H22N4/c1-10(2)14-7-6-11(3)15(9-14)19-20-16-17-12(4)8-13(5)18-16/h6,8,14H,1,7,9H2,2-5H3,(H,17,18,20)/t14-/m1/s1. The van der Waals surface area contributed by atoms with Crippen LogP contribution in [0.25, 0.3) is 0 Å². The molecule has 1 aromatic rings. The Morgan fingerprint density at radius 2 is 1.95 bits per heavy atom. The van der Waals surface area contributed by atoms with E-state index in [0.717, 1.165) is 29.9 Å². The predicted molar refractivity (Wildman–Crippen MR) is 83.9 cm³/mol. The molecule has 4 heteroatoms. The molecule has 1 N–H and O–H groups in total. The summed E-state index contributed by atoms with van der Waals surface area (Å²) in [6, 6.07) is 1.95. The van der Waals surface area contributed by atoms with Crippen molar-refractivity contribution in [3.8, 4) is 0 Å². The molecule has 20 heavy (non-hydrogen) atoms. The molecule has 0 amide bonds. The van der Waals surface area contributed by atoms with Gasteiger partial charge >= 0.3 is 0 Å². The van der Waals surface area contributed by atoms with E-state index in [4.69, 9.17) is 0 Å². The zero-order valence-corrected chi connectivity index (χ0v) is 12.7. The SMILES string of the molecule is C=C(C)[C@@H]1CC=C(C)C(=NNc2nc(C)cc(C)n2)C1. The summed E-state index contributed by atoms with van der Waals surface area (Å²) in [5.41, 5.74) is 8.36. The average molecular weight is 270 g/mol. The van der Waals surface area contributed by atoms with Crippen molar-refractivity contribution in [1.29, 1.82) is 0 Å². The highest BCUT2D eigenvalue weighted by molar-refractivity contribution is 6.01. The molecule has 0 unspecified atom stereocenters. The molecule has 1 aliphatic rings. The van der Waals surface area contributed by atoms with Crippen molar-refractivity contribution in [3.05, 3.63) is 41.3 Å². The molecular formula is C16H22N4. The van der Waals surface area contributed by atoms with Gasteiger partial charge in [0.25, 0.3) is 0 Å². The molecule has 106 valence electrons. The highest BCUT2D eigenvalue weighted by Gasteiger charge is 2.18. The van der Waals surface area contributed by atoms with Gasteiger partial charge in [-0.15, -0.1) is 0 Å². The summed E-state index contributed by atoms with van der Waals surface area (Å²) in [6.45, 7) is 12.1. The maximum Gasteiger partial charge on any atom is 0.243 e. The van der Waals surface area contributed by atoms with Crippen LogP contribution in [0.5, 0.6) is 0 Å².